The summed E-state index contributed by atoms with van der Waals surface area (Å²) >= 11 is 3.14. The van der Waals surface area contributed by atoms with Gasteiger partial charge in [-0.3, -0.25) is 14.4 Å². The molecule has 0 aliphatic rings. The van der Waals surface area contributed by atoms with Crippen molar-refractivity contribution in [3.63, 3.8) is 0 Å². The molecule has 192 valence electrons. The van der Waals surface area contributed by atoms with E-state index < -0.39 is 11.4 Å². The van der Waals surface area contributed by atoms with Gasteiger partial charge in [-0.2, -0.15) is 0 Å². The second kappa shape index (κ2) is 13.3. The molecule has 2 aromatic rings. The topological polar surface area (TPSA) is 91.7 Å². The lowest BCUT2D eigenvalue weighted by Gasteiger charge is -2.20. The predicted octanol–water partition coefficient (Wildman–Crippen LogP) is 6.26. The van der Waals surface area contributed by atoms with E-state index in [2.05, 4.69) is 13.8 Å². The minimum atomic E-state index is -0.786. The SMILES string of the molecule is CC(C)(CO)CCCCc1cc(=O)cc(/C=C\c2cc(=O)cc(CCCCC(C)(C)C(=O)O)s2)s1. The van der Waals surface area contributed by atoms with Crippen LogP contribution in [0.15, 0.2) is 33.9 Å². The number of unbranched alkanes of at least 4 members (excludes halogenated alkanes) is 2. The molecule has 2 N–H and O–H groups in total. The summed E-state index contributed by atoms with van der Waals surface area (Å²) < 4.78 is 0. The van der Waals surface area contributed by atoms with Gasteiger partial charge in [-0.25, -0.2) is 0 Å². The van der Waals surface area contributed by atoms with Gasteiger partial charge in [-0.05, 0) is 82.1 Å². The van der Waals surface area contributed by atoms with Crippen LogP contribution in [0.3, 0.4) is 0 Å². The van der Waals surface area contributed by atoms with Gasteiger partial charge in [0.15, 0.2) is 10.9 Å². The lowest BCUT2D eigenvalue weighted by atomic mass is 9.87. The lowest BCUT2D eigenvalue weighted by molar-refractivity contribution is -0.147. The molecule has 0 amide bonds. The zero-order valence-corrected chi connectivity index (χ0v) is 22.9. The molecule has 7 heteroatoms. The van der Waals surface area contributed by atoms with Crippen LogP contribution in [0, 0.1) is 10.8 Å². The predicted molar refractivity (Wildman–Crippen MR) is 147 cm³/mol. The standard InChI is InChI=1S/C28H38O5S2/c1-27(2,19-29)13-7-5-9-22-15-20(30)17-24(34-22)11-12-25-18-21(31)16-23(35-25)10-6-8-14-28(3,4)26(32)33/h11-12,15-18,29H,5-10,13-14,19H2,1-4H3,(H,32,33)/b12-11-. The fraction of sp³-hybridized carbons (Fsp3) is 0.536. The van der Waals surface area contributed by atoms with Crippen LogP contribution in [0.5, 0.6) is 0 Å². The summed E-state index contributed by atoms with van der Waals surface area (Å²) in [5, 5.41) is 18.6. The number of carboxylic acid groups (broad SMARTS) is 1. The molecule has 5 nitrogen and oxygen atoms in total. The maximum atomic E-state index is 12.2. The average Bonchev–Trinajstić information content (AvgIpc) is 2.77. The molecule has 0 aromatic carbocycles. The van der Waals surface area contributed by atoms with Gasteiger partial charge >= 0.3 is 5.97 Å². The zero-order chi connectivity index (χ0) is 26.1. The van der Waals surface area contributed by atoms with Crippen molar-refractivity contribution >= 4 is 40.8 Å². The van der Waals surface area contributed by atoms with Crippen LogP contribution in [0.1, 0.15) is 85.7 Å². The number of hydrogen-bond acceptors (Lipinski definition) is 6. The third-order valence-corrected chi connectivity index (χ3v) is 8.24. The van der Waals surface area contributed by atoms with E-state index in [1.54, 1.807) is 60.8 Å². The Morgan fingerprint density at radius 3 is 1.69 bits per heavy atom. The molecule has 0 fully saturated rings. The monoisotopic (exact) mass is 518 g/mol. The molecule has 0 saturated carbocycles. The minimum Gasteiger partial charge on any atom is -0.481 e. The van der Waals surface area contributed by atoms with E-state index in [4.69, 9.17) is 0 Å². The van der Waals surface area contributed by atoms with Gasteiger partial charge in [0, 0.05) is 38.2 Å². The first kappa shape index (κ1) is 29.1. The number of aliphatic carboxylic acids is 1. The van der Waals surface area contributed by atoms with Gasteiger partial charge in [0.2, 0.25) is 0 Å². The Morgan fingerprint density at radius 1 is 0.800 bits per heavy atom. The van der Waals surface area contributed by atoms with Gasteiger partial charge in [0.25, 0.3) is 0 Å². The Morgan fingerprint density at radius 2 is 1.26 bits per heavy atom. The van der Waals surface area contributed by atoms with Crippen LogP contribution in [0.25, 0.3) is 12.2 Å². The molecule has 0 bridgehead atoms. The highest BCUT2D eigenvalue weighted by molar-refractivity contribution is 7.13. The Bertz CT molecular complexity index is 1120. The molecular formula is C28H38O5S2. The highest BCUT2D eigenvalue weighted by Crippen LogP contribution is 2.26. The van der Waals surface area contributed by atoms with E-state index in [0.29, 0.717) is 6.42 Å². The Balaban J connectivity index is 1.99. The summed E-state index contributed by atoms with van der Waals surface area (Å²) in [5.41, 5.74) is -0.857. The van der Waals surface area contributed by atoms with Crippen molar-refractivity contribution in [1.29, 1.82) is 0 Å². The van der Waals surface area contributed by atoms with Crippen molar-refractivity contribution in [1.82, 2.24) is 0 Å². The van der Waals surface area contributed by atoms with Crippen LogP contribution < -0.4 is 10.9 Å². The second-order valence-electron chi connectivity index (χ2n) is 10.6. The first-order valence-electron chi connectivity index (χ1n) is 12.2. The fourth-order valence-electron chi connectivity index (χ4n) is 3.63. The van der Waals surface area contributed by atoms with Crippen molar-refractivity contribution in [2.24, 2.45) is 10.8 Å². The molecule has 2 heterocycles. The maximum absolute atomic E-state index is 12.2. The summed E-state index contributed by atoms with van der Waals surface area (Å²) in [6.07, 6.45) is 10.5. The average molecular weight is 519 g/mol. The summed E-state index contributed by atoms with van der Waals surface area (Å²) in [4.78, 5) is 39.3. The quantitative estimate of drug-likeness (QED) is 0.288. The van der Waals surface area contributed by atoms with Gasteiger partial charge in [-0.1, -0.05) is 26.7 Å². The van der Waals surface area contributed by atoms with Crippen LogP contribution in [0.4, 0.5) is 0 Å². The molecule has 0 spiro atoms. The highest BCUT2D eigenvalue weighted by Gasteiger charge is 2.26. The highest BCUT2D eigenvalue weighted by atomic mass is 32.1. The number of hydrogen-bond donors (Lipinski definition) is 2. The van der Waals surface area contributed by atoms with E-state index in [1.807, 2.05) is 12.2 Å². The summed E-state index contributed by atoms with van der Waals surface area (Å²) in [6.45, 7) is 7.76. The van der Waals surface area contributed by atoms with Crippen molar-refractivity contribution < 1.29 is 15.0 Å². The molecule has 35 heavy (non-hydrogen) atoms. The van der Waals surface area contributed by atoms with E-state index in [9.17, 15) is 24.6 Å². The number of carbonyl (C=O) groups is 1. The largest absolute Gasteiger partial charge is 0.481 e. The van der Waals surface area contributed by atoms with Gasteiger partial charge < -0.3 is 10.2 Å². The summed E-state index contributed by atoms with van der Waals surface area (Å²) in [7, 11) is 0. The number of aryl methyl sites for hydroxylation is 2. The number of rotatable bonds is 14. The van der Waals surface area contributed by atoms with Crippen molar-refractivity contribution in [3.05, 3.63) is 64.2 Å². The molecule has 0 atom stereocenters. The van der Waals surface area contributed by atoms with E-state index in [0.717, 1.165) is 64.5 Å². The zero-order valence-electron chi connectivity index (χ0n) is 21.3. The summed E-state index contributed by atoms with van der Waals surface area (Å²) in [5.74, 6) is -0.786. The molecular weight excluding hydrogens is 480 g/mol. The van der Waals surface area contributed by atoms with Gasteiger partial charge in [0.05, 0.1) is 5.41 Å². The molecule has 0 radical (unpaired) electrons. The third-order valence-electron chi connectivity index (χ3n) is 6.09. The van der Waals surface area contributed by atoms with Crippen LogP contribution in [-0.2, 0) is 17.6 Å². The molecule has 0 saturated heterocycles. The minimum absolute atomic E-state index is 0.0136. The van der Waals surface area contributed by atoms with Gasteiger partial charge in [0.1, 0.15) is 0 Å². The Labute approximate surface area is 216 Å². The van der Waals surface area contributed by atoms with Crippen LogP contribution >= 0.6 is 22.7 Å². The second-order valence-corrected chi connectivity index (χ2v) is 13.0. The van der Waals surface area contributed by atoms with E-state index in [1.165, 1.54) is 0 Å². The van der Waals surface area contributed by atoms with Crippen LogP contribution in [-0.4, -0.2) is 22.8 Å². The van der Waals surface area contributed by atoms with Crippen molar-refractivity contribution in [2.75, 3.05) is 6.61 Å². The first-order chi connectivity index (χ1) is 16.4. The van der Waals surface area contributed by atoms with Crippen LogP contribution in [0.2, 0.25) is 0 Å². The van der Waals surface area contributed by atoms with Gasteiger partial charge in [-0.15, -0.1) is 22.7 Å². The molecule has 0 unspecified atom stereocenters. The Kier molecular flexibility index (Phi) is 11.1. The number of carboxylic acids is 1. The fourth-order valence-corrected chi connectivity index (χ4v) is 5.70. The lowest BCUT2D eigenvalue weighted by Crippen LogP contribution is -2.23. The van der Waals surface area contributed by atoms with Crippen molar-refractivity contribution in [3.8, 4) is 0 Å². The molecule has 0 aliphatic carbocycles. The smallest absolute Gasteiger partial charge is 0.309 e. The van der Waals surface area contributed by atoms with E-state index >= 15 is 0 Å². The third kappa shape index (κ3) is 10.6. The Hall–Kier alpha value is -2.09. The number of aliphatic hydroxyl groups is 1. The molecule has 2 rings (SSSR count). The number of aliphatic hydroxyl groups excluding tert-OH is 1. The van der Waals surface area contributed by atoms with E-state index in [-0.39, 0.29) is 22.9 Å². The normalized spacial score (nSPS) is 12.4. The maximum Gasteiger partial charge on any atom is 0.309 e. The molecule has 2 aromatic heterocycles. The summed E-state index contributed by atoms with van der Waals surface area (Å²) in [6, 6.07) is 6.58. The molecule has 0 aliphatic heterocycles. The van der Waals surface area contributed by atoms with Crippen molar-refractivity contribution in [2.45, 2.75) is 79.1 Å². The first-order valence-corrected chi connectivity index (χ1v) is 13.8.